The summed E-state index contributed by atoms with van der Waals surface area (Å²) in [6.45, 7) is 8.26. The summed E-state index contributed by atoms with van der Waals surface area (Å²) in [7, 11) is 0. The van der Waals surface area contributed by atoms with Crippen molar-refractivity contribution in [2.75, 3.05) is 0 Å². The Bertz CT molecular complexity index is 352. The van der Waals surface area contributed by atoms with Gasteiger partial charge in [-0.25, -0.2) is 9.38 Å². The van der Waals surface area contributed by atoms with Crippen molar-refractivity contribution >= 4 is 5.90 Å². The van der Waals surface area contributed by atoms with Gasteiger partial charge in [0.1, 0.15) is 11.5 Å². The fraction of sp³-hybridized carbons (Fsp3) is 0.300. The molecule has 0 N–H and O–H groups in total. The number of hydrogen-bond donors (Lipinski definition) is 0. The molecule has 0 amide bonds. The first-order chi connectivity index (χ1) is 7.18. The van der Waals surface area contributed by atoms with E-state index in [2.05, 4.69) is 18.2 Å². The molecule has 0 bridgehead atoms. The van der Waals surface area contributed by atoms with Crippen molar-refractivity contribution in [3.8, 4) is 0 Å². The van der Waals surface area contributed by atoms with E-state index in [1.807, 2.05) is 0 Å². The molecule has 0 rings (SSSR count). The van der Waals surface area contributed by atoms with Gasteiger partial charge in [0, 0.05) is 6.92 Å². The quantitative estimate of drug-likeness (QED) is 0.240. The third-order valence-electron chi connectivity index (χ3n) is 1.44. The zero-order valence-electron chi connectivity index (χ0n) is 8.86. The van der Waals surface area contributed by atoms with Gasteiger partial charge in [-0.3, -0.25) is 0 Å². The monoisotopic (exact) mass is 237 g/mol. The van der Waals surface area contributed by atoms with Gasteiger partial charge in [0.25, 0.3) is 0 Å². The summed E-state index contributed by atoms with van der Waals surface area (Å²) in [6.07, 6.45) is -3.75. The SMILES string of the molecule is C=CC(F)=C(C)OC(C)=NC(=C)C(F)(F)F. The van der Waals surface area contributed by atoms with Gasteiger partial charge >= 0.3 is 6.18 Å². The number of aliphatic imine (C=N–C) groups is 1. The van der Waals surface area contributed by atoms with Crippen molar-refractivity contribution in [1.82, 2.24) is 0 Å². The molecule has 0 aliphatic carbocycles. The summed E-state index contributed by atoms with van der Waals surface area (Å²) >= 11 is 0. The highest BCUT2D eigenvalue weighted by molar-refractivity contribution is 5.75. The average Bonchev–Trinajstić information content (AvgIpc) is 2.14. The molecule has 0 spiro atoms. The van der Waals surface area contributed by atoms with Crippen LogP contribution in [0.1, 0.15) is 13.8 Å². The van der Waals surface area contributed by atoms with E-state index in [0.29, 0.717) is 0 Å². The molecule has 0 radical (unpaired) electrons. The predicted octanol–water partition coefficient (Wildman–Crippen LogP) is 3.88. The van der Waals surface area contributed by atoms with Crippen LogP contribution in [0.15, 0.2) is 41.5 Å². The Morgan fingerprint density at radius 1 is 1.31 bits per heavy atom. The topological polar surface area (TPSA) is 21.6 Å². The van der Waals surface area contributed by atoms with Crippen LogP contribution in [0.5, 0.6) is 0 Å². The van der Waals surface area contributed by atoms with Crippen LogP contribution in [0.25, 0.3) is 0 Å². The number of ether oxygens (including phenoxy) is 1. The summed E-state index contributed by atoms with van der Waals surface area (Å²) in [6, 6.07) is 0. The summed E-state index contributed by atoms with van der Waals surface area (Å²) in [4.78, 5) is 3.04. The Morgan fingerprint density at radius 3 is 2.19 bits per heavy atom. The molecule has 0 fully saturated rings. The van der Waals surface area contributed by atoms with Crippen LogP contribution in [0.3, 0.4) is 0 Å². The van der Waals surface area contributed by atoms with Crippen LogP contribution in [-0.4, -0.2) is 12.1 Å². The molecule has 16 heavy (non-hydrogen) atoms. The number of halogens is 4. The number of rotatable bonds is 3. The van der Waals surface area contributed by atoms with Gasteiger partial charge in [0.15, 0.2) is 11.7 Å². The lowest BCUT2D eigenvalue weighted by Crippen LogP contribution is -2.11. The molecule has 0 aromatic carbocycles. The van der Waals surface area contributed by atoms with E-state index in [0.717, 1.165) is 13.0 Å². The standard InChI is InChI=1S/C10H11F4NO/c1-5-9(11)6(2)16-8(4)15-7(3)10(12,13)14/h5H,1,3H2,2,4H3. The second-order valence-corrected chi connectivity index (χ2v) is 2.79. The molecule has 0 aromatic heterocycles. The largest absolute Gasteiger partial charge is 0.445 e. The second-order valence-electron chi connectivity index (χ2n) is 2.79. The molecule has 0 heterocycles. The van der Waals surface area contributed by atoms with Gasteiger partial charge in [-0.05, 0) is 13.0 Å². The molecule has 6 heteroatoms. The van der Waals surface area contributed by atoms with Crippen molar-refractivity contribution < 1.29 is 22.3 Å². The van der Waals surface area contributed by atoms with E-state index >= 15 is 0 Å². The van der Waals surface area contributed by atoms with Crippen LogP contribution in [0.4, 0.5) is 17.6 Å². The van der Waals surface area contributed by atoms with Gasteiger partial charge in [0.2, 0.25) is 0 Å². The lowest BCUT2D eigenvalue weighted by molar-refractivity contribution is -0.0920. The van der Waals surface area contributed by atoms with E-state index in [1.165, 1.54) is 6.92 Å². The minimum atomic E-state index is -4.63. The molecule has 0 aromatic rings. The minimum Gasteiger partial charge on any atom is -0.445 e. The normalized spacial score (nSPS) is 14.2. The summed E-state index contributed by atoms with van der Waals surface area (Å²) in [5.41, 5.74) is -1.31. The highest BCUT2D eigenvalue weighted by Gasteiger charge is 2.32. The van der Waals surface area contributed by atoms with Crippen molar-refractivity contribution in [3.05, 3.63) is 36.5 Å². The third kappa shape index (κ3) is 4.77. The van der Waals surface area contributed by atoms with Crippen LogP contribution < -0.4 is 0 Å². The maximum Gasteiger partial charge on any atom is 0.432 e. The molecule has 0 aliphatic heterocycles. The molecule has 0 aliphatic rings. The van der Waals surface area contributed by atoms with Gasteiger partial charge in [-0.1, -0.05) is 13.2 Å². The first-order valence-corrected chi connectivity index (χ1v) is 4.16. The van der Waals surface area contributed by atoms with Gasteiger partial charge in [0.05, 0.1) is 0 Å². The Morgan fingerprint density at radius 2 is 1.81 bits per heavy atom. The van der Waals surface area contributed by atoms with Crippen molar-refractivity contribution in [2.45, 2.75) is 20.0 Å². The smallest absolute Gasteiger partial charge is 0.432 e. The molecule has 0 unspecified atom stereocenters. The Hall–Kier alpha value is -1.59. The predicted molar refractivity (Wildman–Crippen MR) is 53.4 cm³/mol. The minimum absolute atomic E-state index is 0.216. The van der Waals surface area contributed by atoms with Crippen LogP contribution in [-0.2, 0) is 4.74 Å². The van der Waals surface area contributed by atoms with E-state index in [-0.39, 0.29) is 11.7 Å². The Labute approximate surface area is 90.6 Å². The zero-order chi connectivity index (χ0) is 12.9. The highest BCUT2D eigenvalue weighted by Crippen LogP contribution is 2.25. The Balaban J connectivity index is 4.73. The van der Waals surface area contributed by atoms with Crippen LogP contribution >= 0.6 is 0 Å². The molecule has 90 valence electrons. The summed E-state index contributed by atoms with van der Waals surface area (Å²) in [5.74, 6) is -1.34. The van der Waals surface area contributed by atoms with E-state index in [4.69, 9.17) is 4.74 Å². The molecule has 0 atom stereocenters. The van der Waals surface area contributed by atoms with Crippen LogP contribution in [0, 0.1) is 0 Å². The lowest BCUT2D eigenvalue weighted by atomic mass is 10.4. The number of nitrogens with zero attached hydrogens (tertiary/aromatic N) is 1. The van der Waals surface area contributed by atoms with E-state index in [1.54, 1.807) is 0 Å². The van der Waals surface area contributed by atoms with E-state index in [9.17, 15) is 17.6 Å². The van der Waals surface area contributed by atoms with Crippen molar-refractivity contribution in [3.63, 3.8) is 0 Å². The zero-order valence-corrected chi connectivity index (χ0v) is 8.86. The number of allylic oxidation sites excluding steroid dienone is 4. The van der Waals surface area contributed by atoms with Crippen LogP contribution in [0.2, 0.25) is 0 Å². The number of hydrogen-bond acceptors (Lipinski definition) is 2. The fourth-order valence-corrected chi connectivity index (χ4v) is 0.690. The van der Waals surface area contributed by atoms with Gasteiger partial charge < -0.3 is 4.74 Å². The molecule has 0 saturated carbocycles. The summed E-state index contributed by atoms with van der Waals surface area (Å²) in [5, 5.41) is 0. The van der Waals surface area contributed by atoms with Gasteiger partial charge in [-0.15, -0.1) is 0 Å². The highest BCUT2D eigenvalue weighted by atomic mass is 19.4. The summed E-state index contributed by atoms with van der Waals surface area (Å²) < 4.78 is 53.5. The molecule has 2 nitrogen and oxygen atoms in total. The maximum atomic E-state index is 12.8. The fourth-order valence-electron chi connectivity index (χ4n) is 0.690. The lowest BCUT2D eigenvalue weighted by Gasteiger charge is -2.08. The van der Waals surface area contributed by atoms with Crippen molar-refractivity contribution in [2.24, 2.45) is 4.99 Å². The molecule has 0 saturated heterocycles. The number of alkyl halides is 3. The first-order valence-electron chi connectivity index (χ1n) is 4.16. The van der Waals surface area contributed by atoms with Gasteiger partial charge in [-0.2, -0.15) is 13.2 Å². The average molecular weight is 237 g/mol. The second kappa shape index (κ2) is 5.48. The first kappa shape index (κ1) is 14.4. The third-order valence-corrected chi connectivity index (χ3v) is 1.44. The Kier molecular flexibility index (Phi) is 4.94. The maximum absolute atomic E-state index is 12.8. The van der Waals surface area contributed by atoms with E-state index < -0.39 is 17.7 Å². The molecular weight excluding hydrogens is 226 g/mol. The van der Waals surface area contributed by atoms with Crippen molar-refractivity contribution in [1.29, 1.82) is 0 Å². The molecular formula is C10H11F4NO.